The van der Waals surface area contributed by atoms with Crippen molar-refractivity contribution >= 4 is 11.1 Å². The van der Waals surface area contributed by atoms with E-state index < -0.39 is 0 Å². The van der Waals surface area contributed by atoms with E-state index in [1.165, 1.54) is 4.57 Å². The first-order valence-corrected chi connectivity index (χ1v) is 6.42. The maximum atomic E-state index is 11.5. The molecule has 3 aromatic rings. The van der Waals surface area contributed by atoms with Crippen molar-refractivity contribution in [2.24, 2.45) is 7.05 Å². The summed E-state index contributed by atoms with van der Waals surface area (Å²) < 4.78 is 12.3. The summed E-state index contributed by atoms with van der Waals surface area (Å²) in [5.41, 5.74) is 3.44. The average Bonchev–Trinajstić information content (AvgIpc) is 2.96. The van der Waals surface area contributed by atoms with Gasteiger partial charge < -0.3 is 14.2 Å². The minimum Gasteiger partial charge on any atom is -0.467 e. The summed E-state index contributed by atoms with van der Waals surface area (Å²) in [5.74, 6) is 0.512. The first-order valence-electron chi connectivity index (χ1n) is 6.42. The van der Waals surface area contributed by atoms with Crippen LogP contribution < -0.4 is 11.1 Å². The molecule has 104 valence electrons. The summed E-state index contributed by atoms with van der Waals surface area (Å²) in [6, 6.07) is 7.60. The molecule has 1 aromatic carbocycles. The van der Waals surface area contributed by atoms with Crippen LogP contribution in [0.3, 0.4) is 0 Å². The quantitative estimate of drug-likeness (QED) is 0.795. The number of aryl methyl sites for hydroxylation is 2. The van der Waals surface area contributed by atoms with E-state index in [-0.39, 0.29) is 11.8 Å². The maximum absolute atomic E-state index is 11.5. The Morgan fingerprint density at radius 2 is 2.10 bits per heavy atom. The molecule has 0 spiro atoms. The molecule has 0 radical (unpaired) electrons. The summed E-state index contributed by atoms with van der Waals surface area (Å²) in [7, 11) is 3.57. The van der Waals surface area contributed by atoms with Crippen molar-refractivity contribution in [2.45, 2.75) is 13.0 Å². The summed E-state index contributed by atoms with van der Waals surface area (Å²) in [4.78, 5) is 11.5. The third kappa shape index (κ3) is 1.87. The SMILES string of the molecule is CNC(c1ccc2c(c1)oc(=O)n2C)c1occc1C. The van der Waals surface area contributed by atoms with E-state index in [1.54, 1.807) is 13.3 Å². The van der Waals surface area contributed by atoms with E-state index in [2.05, 4.69) is 5.32 Å². The van der Waals surface area contributed by atoms with Crippen LogP contribution in [0, 0.1) is 6.92 Å². The Labute approximate surface area is 115 Å². The molecule has 1 N–H and O–H groups in total. The number of aromatic nitrogens is 1. The molecular formula is C15H16N2O3. The van der Waals surface area contributed by atoms with E-state index in [4.69, 9.17) is 8.83 Å². The van der Waals surface area contributed by atoms with Crippen LogP contribution in [0.4, 0.5) is 0 Å². The van der Waals surface area contributed by atoms with Gasteiger partial charge >= 0.3 is 5.76 Å². The molecule has 1 unspecified atom stereocenters. The van der Waals surface area contributed by atoms with Crippen molar-refractivity contribution in [3.05, 3.63) is 58.0 Å². The molecule has 0 saturated carbocycles. The van der Waals surface area contributed by atoms with Crippen LogP contribution in [0.1, 0.15) is 22.9 Å². The van der Waals surface area contributed by atoms with Crippen molar-refractivity contribution in [1.82, 2.24) is 9.88 Å². The lowest BCUT2D eigenvalue weighted by atomic mass is 10.0. The minimum atomic E-state index is -0.354. The lowest BCUT2D eigenvalue weighted by Gasteiger charge is -2.15. The van der Waals surface area contributed by atoms with Gasteiger partial charge in [-0.15, -0.1) is 0 Å². The van der Waals surface area contributed by atoms with Gasteiger partial charge in [0.25, 0.3) is 0 Å². The molecule has 20 heavy (non-hydrogen) atoms. The number of benzene rings is 1. The normalized spacial score (nSPS) is 12.9. The van der Waals surface area contributed by atoms with Gasteiger partial charge in [0.15, 0.2) is 5.58 Å². The van der Waals surface area contributed by atoms with E-state index in [0.29, 0.717) is 5.58 Å². The lowest BCUT2D eigenvalue weighted by molar-refractivity contribution is 0.460. The number of nitrogens with zero attached hydrogens (tertiary/aromatic N) is 1. The van der Waals surface area contributed by atoms with Gasteiger partial charge in [-0.05, 0) is 43.3 Å². The van der Waals surface area contributed by atoms with Gasteiger partial charge in [-0.25, -0.2) is 4.79 Å². The molecule has 0 aliphatic heterocycles. The van der Waals surface area contributed by atoms with Crippen LogP contribution in [-0.2, 0) is 7.05 Å². The first kappa shape index (κ1) is 12.7. The van der Waals surface area contributed by atoms with E-state index in [1.807, 2.05) is 38.2 Å². The molecule has 2 heterocycles. The summed E-state index contributed by atoms with van der Waals surface area (Å²) >= 11 is 0. The molecule has 5 nitrogen and oxygen atoms in total. The summed E-state index contributed by atoms with van der Waals surface area (Å²) in [6.45, 7) is 2.00. The Morgan fingerprint density at radius 1 is 1.30 bits per heavy atom. The predicted octanol–water partition coefficient (Wildman–Crippen LogP) is 2.34. The molecule has 1 atom stereocenters. The zero-order chi connectivity index (χ0) is 14.3. The number of fused-ring (bicyclic) bond motifs is 1. The van der Waals surface area contributed by atoms with Crippen LogP contribution in [0.15, 0.2) is 44.2 Å². The molecule has 0 amide bonds. The number of rotatable bonds is 3. The number of nitrogens with one attached hydrogen (secondary N) is 1. The molecular weight excluding hydrogens is 256 g/mol. The molecule has 0 fully saturated rings. The van der Waals surface area contributed by atoms with Crippen LogP contribution >= 0.6 is 0 Å². The van der Waals surface area contributed by atoms with Gasteiger partial charge in [-0.2, -0.15) is 0 Å². The minimum absolute atomic E-state index is 0.0695. The second-order valence-corrected chi connectivity index (χ2v) is 4.84. The average molecular weight is 272 g/mol. The van der Waals surface area contributed by atoms with Crippen LogP contribution in [0.25, 0.3) is 11.1 Å². The molecule has 3 rings (SSSR count). The van der Waals surface area contributed by atoms with Crippen LogP contribution in [0.5, 0.6) is 0 Å². The smallest absolute Gasteiger partial charge is 0.419 e. The fourth-order valence-corrected chi connectivity index (χ4v) is 2.46. The Hall–Kier alpha value is -2.27. The number of furan rings is 1. The van der Waals surface area contributed by atoms with Gasteiger partial charge in [-0.1, -0.05) is 6.07 Å². The zero-order valence-electron chi connectivity index (χ0n) is 11.6. The zero-order valence-corrected chi connectivity index (χ0v) is 11.6. The fraction of sp³-hybridized carbons (Fsp3) is 0.267. The number of oxazole rings is 1. The van der Waals surface area contributed by atoms with Gasteiger partial charge in [0.05, 0.1) is 17.8 Å². The third-order valence-electron chi connectivity index (χ3n) is 3.60. The maximum Gasteiger partial charge on any atom is 0.419 e. The van der Waals surface area contributed by atoms with Gasteiger partial charge in [-0.3, -0.25) is 4.57 Å². The first-order chi connectivity index (χ1) is 9.61. The second-order valence-electron chi connectivity index (χ2n) is 4.84. The number of hydrogen-bond acceptors (Lipinski definition) is 4. The number of hydrogen-bond donors (Lipinski definition) is 1. The van der Waals surface area contributed by atoms with Gasteiger partial charge in [0.1, 0.15) is 5.76 Å². The topological polar surface area (TPSA) is 60.3 Å². The van der Waals surface area contributed by atoms with Crippen molar-refractivity contribution in [3.63, 3.8) is 0 Å². The van der Waals surface area contributed by atoms with Crippen molar-refractivity contribution in [1.29, 1.82) is 0 Å². The summed E-state index contributed by atoms with van der Waals surface area (Å²) in [5, 5.41) is 3.23. The van der Waals surface area contributed by atoms with Crippen molar-refractivity contribution in [2.75, 3.05) is 7.05 Å². The second kappa shape index (κ2) is 4.68. The predicted molar refractivity (Wildman–Crippen MR) is 75.8 cm³/mol. The van der Waals surface area contributed by atoms with Crippen molar-refractivity contribution in [3.8, 4) is 0 Å². The lowest BCUT2D eigenvalue weighted by Crippen LogP contribution is -2.17. The molecule has 5 heteroatoms. The Balaban J connectivity index is 2.13. The van der Waals surface area contributed by atoms with Gasteiger partial charge in [0, 0.05) is 7.05 Å². The van der Waals surface area contributed by atoms with E-state index >= 15 is 0 Å². The molecule has 2 aromatic heterocycles. The highest BCUT2D eigenvalue weighted by atomic mass is 16.4. The molecule has 0 aliphatic carbocycles. The highest BCUT2D eigenvalue weighted by Crippen LogP contribution is 2.27. The highest BCUT2D eigenvalue weighted by Gasteiger charge is 2.19. The van der Waals surface area contributed by atoms with E-state index in [0.717, 1.165) is 22.4 Å². The standard InChI is InChI=1S/C15H16N2O3/c1-9-6-7-19-14(9)13(16-2)10-4-5-11-12(8-10)20-15(18)17(11)3/h4-8,13,16H,1-3H3. The Kier molecular flexibility index (Phi) is 2.99. The highest BCUT2D eigenvalue weighted by molar-refractivity contribution is 5.74. The molecule has 0 bridgehead atoms. The summed E-state index contributed by atoms with van der Waals surface area (Å²) in [6.07, 6.45) is 1.68. The third-order valence-corrected chi connectivity index (χ3v) is 3.60. The van der Waals surface area contributed by atoms with Crippen LogP contribution in [-0.4, -0.2) is 11.6 Å². The Morgan fingerprint density at radius 3 is 2.75 bits per heavy atom. The fourth-order valence-electron chi connectivity index (χ4n) is 2.46. The van der Waals surface area contributed by atoms with Crippen molar-refractivity contribution < 1.29 is 8.83 Å². The van der Waals surface area contributed by atoms with Crippen LogP contribution in [0.2, 0.25) is 0 Å². The molecule has 0 aliphatic rings. The largest absolute Gasteiger partial charge is 0.467 e. The monoisotopic (exact) mass is 272 g/mol. The van der Waals surface area contributed by atoms with E-state index in [9.17, 15) is 4.79 Å². The molecule has 0 saturated heterocycles. The van der Waals surface area contributed by atoms with Gasteiger partial charge in [0.2, 0.25) is 0 Å². The Bertz CT molecular complexity index is 810.